The Morgan fingerprint density at radius 2 is 1.00 bits per heavy atom. The van der Waals surface area contributed by atoms with Crippen LogP contribution in [0.1, 0.15) is 32.4 Å². The molecule has 2 fully saturated rings. The normalized spacial score (nSPS) is 15.8. The zero-order chi connectivity index (χ0) is 26.0. The Balaban J connectivity index is 0.000000138. The Hall–Kier alpha value is -4.06. The predicted molar refractivity (Wildman–Crippen MR) is 164 cm³/mol. The van der Waals surface area contributed by atoms with E-state index in [1.165, 1.54) is 33.5 Å². The van der Waals surface area contributed by atoms with Gasteiger partial charge in [0, 0.05) is 62.1 Å². The molecule has 0 radical (unpaired) electrons. The molecule has 0 bridgehead atoms. The summed E-state index contributed by atoms with van der Waals surface area (Å²) in [5.41, 5.74) is 11.7. The number of hydrogen-bond acceptors (Lipinski definition) is 4. The van der Waals surface area contributed by atoms with Gasteiger partial charge in [-0.1, -0.05) is 33.4 Å². The van der Waals surface area contributed by atoms with Crippen molar-refractivity contribution < 1.29 is 0 Å². The molecule has 4 aromatic heterocycles. The molecule has 8 rings (SSSR count). The zero-order valence-electron chi connectivity index (χ0n) is 22.6. The lowest BCUT2D eigenvalue weighted by Crippen LogP contribution is -2.45. The second-order valence-corrected chi connectivity index (χ2v) is 11.5. The Morgan fingerprint density at radius 1 is 0.590 bits per heavy atom. The van der Waals surface area contributed by atoms with Crippen molar-refractivity contribution in [1.82, 2.24) is 18.8 Å². The van der Waals surface area contributed by atoms with Crippen molar-refractivity contribution in [3.05, 3.63) is 84.2 Å². The van der Waals surface area contributed by atoms with Gasteiger partial charge in [-0.3, -0.25) is 8.80 Å². The van der Waals surface area contributed by atoms with E-state index in [4.69, 9.17) is 9.97 Å². The van der Waals surface area contributed by atoms with E-state index in [0.29, 0.717) is 0 Å². The maximum Gasteiger partial charge on any atom is 0.139 e. The number of pyridine rings is 2. The second-order valence-electron chi connectivity index (χ2n) is 11.5. The molecule has 0 saturated carbocycles. The van der Waals surface area contributed by atoms with Gasteiger partial charge >= 0.3 is 0 Å². The number of hydrogen-bond donors (Lipinski definition) is 0. The summed E-state index contributed by atoms with van der Waals surface area (Å²) in [5.74, 6) is 1.63. The van der Waals surface area contributed by atoms with Crippen LogP contribution in [0, 0.1) is 25.7 Å². The molecule has 2 aromatic carbocycles. The molecular formula is C33H38N6. The largest absolute Gasteiger partial charge is 0.371 e. The number of aromatic nitrogens is 4. The van der Waals surface area contributed by atoms with Crippen LogP contribution in [-0.4, -0.2) is 44.9 Å². The standard InChI is InChI=1S/2C16H17N3.CH4/c2*1-11-3-4-14-15(7-11)19-6-5-13(8-16(19)17-14)18-9-12(2)10-18;/h2*3-8,12H,9-10H2,1-2H3;1H4. The van der Waals surface area contributed by atoms with Crippen molar-refractivity contribution in [2.45, 2.75) is 35.1 Å². The van der Waals surface area contributed by atoms with Crippen LogP contribution in [0.4, 0.5) is 11.4 Å². The quantitative estimate of drug-likeness (QED) is 0.244. The van der Waals surface area contributed by atoms with Gasteiger partial charge in [-0.05, 0) is 73.2 Å². The van der Waals surface area contributed by atoms with Gasteiger partial charge in [-0.25, -0.2) is 9.97 Å². The van der Waals surface area contributed by atoms with Crippen molar-refractivity contribution in [2.24, 2.45) is 11.8 Å². The second kappa shape index (κ2) is 9.60. The lowest BCUT2D eigenvalue weighted by Gasteiger charge is -2.39. The van der Waals surface area contributed by atoms with Crippen LogP contribution in [0.2, 0.25) is 0 Å². The highest BCUT2D eigenvalue weighted by Crippen LogP contribution is 2.28. The van der Waals surface area contributed by atoms with E-state index in [-0.39, 0.29) is 7.43 Å². The smallest absolute Gasteiger partial charge is 0.139 e. The fraction of sp³-hybridized carbons (Fsp3) is 0.333. The third-order valence-electron chi connectivity index (χ3n) is 7.95. The third kappa shape index (κ3) is 4.48. The van der Waals surface area contributed by atoms with Crippen molar-refractivity contribution in [3.8, 4) is 0 Å². The summed E-state index contributed by atoms with van der Waals surface area (Å²) in [6, 6.07) is 21.6. The van der Waals surface area contributed by atoms with Crippen molar-refractivity contribution in [1.29, 1.82) is 0 Å². The van der Waals surface area contributed by atoms with E-state index in [0.717, 1.165) is 60.3 Å². The molecule has 39 heavy (non-hydrogen) atoms. The van der Waals surface area contributed by atoms with Crippen molar-refractivity contribution in [2.75, 3.05) is 36.0 Å². The molecule has 0 N–H and O–H groups in total. The Labute approximate surface area is 230 Å². The number of fused-ring (bicyclic) bond motifs is 6. The molecule has 2 saturated heterocycles. The van der Waals surface area contributed by atoms with Crippen LogP contribution in [-0.2, 0) is 0 Å². The molecule has 0 aliphatic carbocycles. The maximum atomic E-state index is 4.71. The number of rotatable bonds is 2. The van der Waals surface area contributed by atoms with Crippen LogP contribution in [0.25, 0.3) is 33.4 Å². The summed E-state index contributed by atoms with van der Waals surface area (Å²) in [4.78, 5) is 14.3. The minimum atomic E-state index is 0. The number of nitrogens with zero attached hydrogens (tertiary/aromatic N) is 6. The summed E-state index contributed by atoms with van der Waals surface area (Å²) in [6.45, 7) is 13.5. The topological polar surface area (TPSA) is 41.1 Å². The first-order valence-corrected chi connectivity index (χ1v) is 13.7. The molecule has 0 amide bonds. The fourth-order valence-corrected chi connectivity index (χ4v) is 5.84. The van der Waals surface area contributed by atoms with E-state index in [1.54, 1.807) is 0 Å². The van der Waals surface area contributed by atoms with Crippen LogP contribution in [0.5, 0.6) is 0 Å². The molecule has 0 atom stereocenters. The molecule has 6 heteroatoms. The Kier molecular flexibility index (Phi) is 6.21. The number of benzene rings is 2. The van der Waals surface area contributed by atoms with Crippen LogP contribution in [0.3, 0.4) is 0 Å². The highest BCUT2D eigenvalue weighted by atomic mass is 15.2. The highest BCUT2D eigenvalue weighted by molar-refractivity contribution is 5.83. The monoisotopic (exact) mass is 518 g/mol. The molecule has 0 unspecified atom stereocenters. The molecule has 0 spiro atoms. The van der Waals surface area contributed by atoms with Gasteiger partial charge < -0.3 is 9.80 Å². The van der Waals surface area contributed by atoms with Gasteiger partial charge in [-0.2, -0.15) is 0 Å². The Bertz CT molecular complexity index is 1670. The molecule has 2 aliphatic rings. The van der Waals surface area contributed by atoms with E-state index >= 15 is 0 Å². The van der Waals surface area contributed by atoms with Gasteiger partial charge in [0.2, 0.25) is 0 Å². The van der Waals surface area contributed by atoms with Crippen molar-refractivity contribution in [3.63, 3.8) is 0 Å². The van der Waals surface area contributed by atoms with Crippen LogP contribution < -0.4 is 9.80 Å². The maximum absolute atomic E-state index is 4.71. The molecule has 200 valence electrons. The van der Waals surface area contributed by atoms with Gasteiger partial charge in [0.05, 0.1) is 22.1 Å². The summed E-state index contributed by atoms with van der Waals surface area (Å²) in [7, 11) is 0. The van der Waals surface area contributed by atoms with Gasteiger partial charge in [-0.15, -0.1) is 0 Å². The summed E-state index contributed by atoms with van der Waals surface area (Å²) < 4.78 is 4.35. The summed E-state index contributed by atoms with van der Waals surface area (Å²) >= 11 is 0. The fourth-order valence-electron chi connectivity index (χ4n) is 5.84. The average Bonchev–Trinajstić information content (AvgIpc) is 3.41. The molecule has 6 nitrogen and oxygen atoms in total. The van der Waals surface area contributed by atoms with Gasteiger partial charge in [0.15, 0.2) is 0 Å². The lowest BCUT2D eigenvalue weighted by molar-refractivity contribution is 0.447. The lowest BCUT2D eigenvalue weighted by atomic mass is 10.0. The van der Waals surface area contributed by atoms with Crippen LogP contribution >= 0.6 is 0 Å². The zero-order valence-corrected chi connectivity index (χ0v) is 22.6. The number of anilines is 2. The predicted octanol–water partition coefficient (Wildman–Crippen LogP) is 7.14. The SMILES string of the molecule is C.Cc1ccc2nc3cc(N4CC(C)C4)ccn3c2c1.Cc1ccc2nc3cc(N4CC(C)C4)ccn3c2c1. The first kappa shape index (κ1) is 25.2. The first-order chi connectivity index (χ1) is 18.4. The van der Waals surface area contributed by atoms with Crippen LogP contribution in [0.15, 0.2) is 73.1 Å². The Morgan fingerprint density at radius 3 is 1.38 bits per heavy atom. The molecule has 6 heterocycles. The third-order valence-corrected chi connectivity index (χ3v) is 7.95. The first-order valence-electron chi connectivity index (χ1n) is 13.7. The van der Waals surface area contributed by atoms with Gasteiger partial charge in [0.1, 0.15) is 11.3 Å². The van der Waals surface area contributed by atoms with E-state index in [2.05, 4.69) is 119 Å². The molecule has 2 aliphatic heterocycles. The molecule has 6 aromatic rings. The highest BCUT2D eigenvalue weighted by Gasteiger charge is 2.24. The number of aryl methyl sites for hydroxylation is 2. The van der Waals surface area contributed by atoms with E-state index in [1.807, 2.05) is 0 Å². The van der Waals surface area contributed by atoms with Gasteiger partial charge in [0.25, 0.3) is 0 Å². The molecular weight excluding hydrogens is 480 g/mol. The summed E-state index contributed by atoms with van der Waals surface area (Å²) in [6.07, 6.45) is 4.28. The van der Waals surface area contributed by atoms with E-state index in [9.17, 15) is 0 Å². The van der Waals surface area contributed by atoms with Crippen molar-refractivity contribution >= 4 is 44.7 Å². The minimum absolute atomic E-state index is 0. The number of imidazole rings is 2. The summed E-state index contributed by atoms with van der Waals surface area (Å²) in [5, 5.41) is 0. The average molecular weight is 519 g/mol. The van der Waals surface area contributed by atoms with E-state index < -0.39 is 0 Å². The minimum Gasteiger partial charge on any atom is -0.371 e.